The molecule has 0 saturated carbocycles. The van der Waals surface area contributed by atoms with Crippen molar-refractivity contribution in [3.8, 4) is 0 Å². The van der Waals surface area contributed by atoms with Gasteiger partial charge in [0.2, 0.25) is 0 Å². The van der Waals surface area contributed by atoms with Crippen molar-refractivity contribution in [2.75, 3.05) is 26.4 Å². The predicted octanol–water partition coefficient (Wildman–Crippen LogP) is 8.85. The molecule has 1 heterocycles. The third-order valence-electron chi connectivity index (χ3n) is 8.90. The van der Waals surface area contributed by atoms with Gasteiger partial charge in [0.25, 0.3) is 0 Å². The van der Waals surface area contributed by atoms with Crippen molar-refractivity contribution in [2.24, 2.45) is 0 Å². The van der Waals surface area contributed by atoms with Gasteiger partial charge in [-0.1, -0.05) is 136 Å². The second-order valence-electron chi connectivity index (χ2n) is 14.2. The van der Waals surface area contributed by atoms with E-state index in [1.807, 2.05) is 12.2 Å². The monoisotopic (exact) mass is 862 g/mol. The van der Waals surface area contributed by atoms with Crippen molar-refractivity contribution >= 4 is 16.4 Å². The number of ether oxygens (including phenoxy) is 4. The summed E-state index contributed by atoms with van der Waals surface area (Å²) in [4.78, 5) is 12.8. The lowest BCUT2D eigenvalue weighted by atomic mass is 9.99. The Hall–Kier alpha value is -3.24. The van der Waals surface area contributed by atoms with Crippen molar-refractivity contribution in [3.05, 3.63) is 109 Å². The molecule has 1 rings (SSSR count). The summed E-state index contributed by atoms with van der Waals surface area (Å²) in [7, 11) is -5.08. The lowest BCUT2D eigenvalue weighted by Crippen LogP contribution is -2.60. The minimum atomic E-state index is -5.08. The fraction of sp³-hybridized carbons (Fsp3) is 0.596. The summed E-state index contributed by atoms with van der Waals surface area (Å²) in [6.45, 7) is 3.57. The van der Waals surface area contributed by atoms with E-state index in [1.54, 1.807) is 0 Å². The Balaban J connectivity index is 2.54. The largest absolute Gasteiger partial charge is 0.457 e. The SMILES string of the molecule is CC/C=C\C/C=C\C/C=C\C/C=C\C/C=C\C/C=C\CCC(=O)OC(COCCCCCC/C=C\C/C=C\C/C=C\CC)COC1OC(CO)C(O)C(OS(=O)(=O)O)C1O. The lowest BCUT2D eigenvalue weighted by Gasteiger charge is -2.41. The highest BCUT2D eigenvalue weighted by atomic mass is 32.3. The number of hydrogen-bond acceptors (Lipinski definition) is 11. The number of esters is 1. The van der Waals surface area contributed by atoms with Crippen molar-refractivity contribution in [3.63, 3.8) is 0 Å². The number of allylic oxidation sites excluding steroid dienone is 18. The molecule has 6 atom stereocenters. The first-order chi connectivity index (χ1) is 29.1. The molecule has 0 aromatic carbocycles. The molecule has 340 valence electrons. The molecule has 1 fully saturated rings. The highest BCUT2D eigenvalue weighted by Crippen LogP contribution is 2.26. The molecule has 1 aliphatic rings. The molecule has 1 aliphatic heterocycles. The Kier molecular flexibility index (Phi) is 34.3. The zero-order valence-electron chi connectivity index (χ0n) is 36.0. The first kappa shape index (κ1) is 54.8. The van der Waals surface area contributed by atoms with Gasteiger partial charge in [-0.15, -0.1) is 0 Å². The van der Waals surface area contributed by atoms with Gasteiger partial charge in [-0.2, -0.15) is 8.42 Å². The van der Waals surface area contributed by atoms with Crippen LogP contribution in [0.4, 0.5) is 0 Å². The Morgan fingerprint density at radius 1 is 0.633 bits per heavy atom. The number of rotatable bonds is 35. The van der Waals surface area contributed by atoms with E-state index < -0.39 is 59.8 Å². The second kappa shape index (κ2) is 37.5. The zero-order chi connectivity index (χ0) is 43.9. The lowest BCUT2D eigenvalue weighted by molar-refractivity contribution is -0.301. The van der Waals surface area contributed by atoms with E-state index in [4.69, 9.17) is 23.5 Å². The summed E-state index contributed by atoms with van der Waals surface area (Å²) in [5, 5.41) is 30.6. The van der Waals surface area contributed by atoms with Gasteiger partial charge in [-0.25, -0.2) is 4.18 Å². The third kappa shape index (κ3) is 30.7. The van der Waals surface area contributed by atoms with Crippen LogP contribution < -0.4 is 0 Å². The van der Waals surface area contributed by atoms with Crippen LogP contribution >= 0.6 is 0 Å². The van der Waals surface area contributed by atoms with E-state index in [2.05, 4.69) is 115 Å². The summed E-state index contributed by atoms with van der Waals surface area (Å²) >= 11 is 0. The summed E-state index contributed by atoms with van der Waals surface area (Å²) in [6, 6.07) is 0. The van der Waals surface area contributed by atoms with Gasteiger partial charge < -0.3 is 34.3 Å². The van der Waals surface area contributed by atoms with Crippen molar-refractivity contribution in [1.29, 1.82) is 0 Å². The second-order valence-corrected chi connectivity index (χ2v) is 15.2. The van der Waals surface area contributed by atoms with Crippen LogP contribution in [0.15, 0.2) is 109 Å². The van der Waals surface area contributed by atoms with Crippen molar-refractivity contribution in [1.82, 2.24) is 0 Å². The summed E-state index contributed by atoms with van der Waals surface area (Å²) < 4.78 is 58.8. The molecule has 0 aliphatic carbocycles. The molecule has 1 saturated heterocycles. The first-order valence-electron chi connectivity index (χ1n) is 21.6. The van der Waals surface area contributed by atoms with Gasteiger partial charge in [-0.3, -0.25) is 9.35 Å². The Morgan fingerprint density at radius 3 is 1.58 bits per heavy atom. The molecular weight excluding hydrogens is 789 g/mol. The number of unbranched alkanes of at least 4 members (excludes halogenated alkanes) is 4. The van der Waals surface area contributed by atoms with Crippen LogP contribution in [0.25, 0.3) is 0 Å². The van der Waals surface area contributed by atoms with E-state index in [9.17, 15) is 28.5 Å². The van der Waals surface area contributed by atoms with Gasteiger partial charge in [0, 0.05) is 13.0 Å². The average Bonchev–Trinajstić information content (AvgIpc) is 3.22. The minimum absolute atomic E-state index is 0.0179. The predicted molar refractivity (Wildman–Crippen MR) is 238 cm³/mol. The molecule has 0 aromatic rings. The third-order valence-corrected chi connectivity index (χ3v) is 9.37. The quantitative estimate of drug-likeness (QED) is 0.0206. The fourth-order valence-corrected chi connectivity index (χ4v) is 6.22. The van der Waals surface area contributed by atoms with Gasteiger partial charge in [0.1, 0.15) is 30.5 Å². The summed E-state index contributed by atoms with van der Waals surface area (Å²) in [5.74, 6) is -0.495. The van der Waals surface area contributed by atoms with Gasteiger partial charge in [-0.05, 0) is 83.5 Å². The zero-order valence-corrected chi connectivity index (χ0v) is 36.8. The van der Waals surface area contributed by atoms with Crippen LogP contribution in [-0.2, 0) is 38.3 Å². The Labute approximate surface area is 360 Å². The van der Waals surface area contributed by atoms with Crippen molar-refractivity contribution in [2.45, 2.75) is 153 Å². The normalized spacial score (nSPS) is 21.3. The Bertz CT molecular complexity index is 1460. The first-order valence-corrected chi connectivity index (χ1v) is 23.0. The number of carbonyl (C=O) groups excluding carboxylic acids is 1. The van der Waals surface area contributed by atoms with Gasteiger partial charge in [0.05, 0.1) is 19.8 Å². The molecule has 0 amide bonds. The highest BCUT2D eigenvalue weighted by molar-refractivity contribution is 7.80. The molecule has 0 spiro atoms. The standard InChI is InChI=1S/C47H74O12S/c1-3-5-7-9-11-13-15-17-19-20-21-22-23-24-26-28-30-32-34-36-43(49)57-41(39-55-37-35-33-31-29-27-25-18-16-14-12-10-8-6-4-2)40-56-47-45(51)46(59-60(52,53)54)44(50)42(38-48)58-47/h5-8,11-14,17-19,21-22,24-26,30,32,41-42,44-48,50-51H,3-4,9-10,15-16,20,23,27-29,31,33-40H2,1-2H3,(H,52,53,54)/b7-5-,8-6-,13-11-,14-12-,19-17-,22-21-,25-18-,26-24-,32-30-. The Morgan fingerprint density at radius 2 is 1.10 bits per heavy atom. The molecule has 0 bridgehead atoms. The van der Waals surface area contributed by atoms with Crippen LogP contribution in [0.3, 0.4) is 0 Å². The van der Waals surface area contributed by atoms with Crippen molar-refractivity contribution < 1.29 is 56.2 Å². The number of aliphatic hydroxyl groups is 3. The molecule has 0 aromatic heterocycles. The number of carbonyl (C=O) groups is 1. The van der Waals surface area contributed by atoms with Crippen LogP contribution in [0.5, 0.6) is 0 Å². The van der Waals surface area contributed by atoms with E-state index in [0.717, 1.165) is 89.9 Å². The fourth-order valence-electron chi connectivity index (χ4n) is 5.71. The van der Waals surface area contributed by atoms with Gasteiger partial charge in [0.15, 0.2) is 6.29 Å². The maximum atomic E-state index is 12.8. The van der Waals surface area contributed by atoms with E-state index >= 15 is 0 Å². The molecule has 0 radical (unpaired) electrons. The van der Waals surface area contributed by atoms with Crippen LogP contribution in [-0.4, -0.2) is 97.5 Å². The molecule has 4 N–H and O–H groups in total. The summed E-state index contributed by atoms with van der Waals surface area (Å²) in [6.07, 6.45) is 42.8. The van der Waals surface area contributed by atoms with Crippen LogP contribution in [0.1, 0.15) is 117 Å². The maximum Gasteiger partial charge on any atom is 0.397 e. The van der Waals surface area contributed by atoms with Crippen LogP contribution in [0.2, 0.25) is 0 Å². The van der Waals surface area contributed by atoms with E-state index in [-0.39, 0.29) is 19.6 Å². The minimum Gasteiger partial charge on any atom is -0.457 e. The molecular formula is C47H74O12S. The number of aliphatic hydroxyl groups excluding tert-OH is 3. The van der Waals surface area contributed by atoms with E-state index in [1.165, 1.54) is 0 Å². The molecule has 13 heteroatoms. The smallest absolute Gasteiger partial charge is 0.397 e. The number of hydrogen-bond donors (Lipinski definition) is 4. The highest BCUT2D eigenvalue weighted by Gasteiger charge is 2.48. The topological polar surface area (TPSA) is 178 Å². The van der Waals surface area contributed by atoms with E-state index in [0.29, 0.717) is 13.0 Å². The van der Waals surface area contributed by atoms with Gasteiger partial charge >= 0.3 is 16.4 Å². The molecule has 12 nitrogen and oxygen atoms in total. The van der Waals surface area contributed by atoms with Crippen LogP contribution in [0, 0.1) is 0 Å². The molecule has 6 unspecified atom stereocenters. The average molecular weight is 863 g/mol. The maximum absolute atomic E-state index is 12.8. The molecule has 60 heavy (non-hydrogen) atoms. The summed E-state index contributed by atoms with van der Waals surface area (Å²) in [5.41, 5.74) is 0.